The summed E-state index contributed by atoms with van der Waals surface area (Å²) in [5.74, 6) is 0.982. The summed E-state index contributed by atoms with van der Waals surface area (Å²) in [5, 5.41) is 3.25. The monoisotopic (exact) mass is 295 g/mol. The van der Waals surface area contributed by atoms with E-state index in [-0.39, 0.29) is 0 Å². The first kappa shape index (κ1) is 17.3. The molecule has 0 aliphatic rings. The van der Waals surface area contributed by atoms with Crippen molar-refractivity contribution in [3.05, 3.63) is 23.8 Å². The topological polar surface area (TPSA) is 56.8 Å². The minimum absolute atomic E-state index is 0.399. The molecule has 1 unspecified atom stereocenters. The largest absolute Gasteiger partial charge is 0.493 e. The summed E-state index contributed by atoms with van der Waals surface area (Å²) in [5.41, 5.74) is 0.983. The zero-order valence-electron chi connectivity index (χ0n) is 13.3. The third-order valence-electron chi connectivity index (χ3n) is 2.91. The molecule has 5 heteroatoms. The van der Waals surface area contributed by atoms with Crippen LogP contribution >= 0.6 is 0 Å². The Kier molecular flexibility index (Phi) is 7.61. The van der Waals surface area contributed by atoms with E-state index < -0.39 is 12.1 Å². The van der Waals surface area contributed by atoms with E-state index >= 15 is 0 Å². The Bertz CT molecular complexity index is 448. The highest BCUT2D eigenvalue weighted by Crippen LogP contribution is 2.26. The first-order valence-electron chi connectivity index (χ1n) is 7.33. The average Bonchev–Trinajstić information content (AvgIpc) is 2.51. The van der Waals surface area contributed by atoms with Crippen LogP contribution in [0.15, 0.2) is 18.2 Å². The molecule has 0 amide bonds. The Hall–Kier alpha value is -1.75. The Balaban J connectivity index is 2.89. The van der Waals surface area contributed by atoms with Crippen molar-refractivity contribution in [1.82, 2.24) is 5.32 Å². The van der Waals surface area contributed by atoms with Gasteiger partial charge in [0.2, 0.25) is 0 Å². The maximum atomic E-state index is 11.5. The summed E-state index contributed by atoms with van der Waals surface area (Å²) < 4.78 is 16.0. The predicted molar refractivity (Wildman–Crippen MR) is 81.7 cm³/mol. The van der Waals surface area contributed by atoms with Crippen LogP contribution in [-0.2, 0) is 16.1 Å². The Morgan fingerprint density at radius 2 is 2.10 bits per heavy atom. The summed E-state index contributed by atoms with van der Waals surface area (Å²) in [6, 6.07) is 5.69. The zero-order chi connectivity index (χ0) is 15.7. The molecule has 0 radical (unpaired) electrons. The summed E-state index contributed by atoms with van der Waals surface area (Å²) in [7, 11) is 1.35. The van der Waals surface area contributed by atoms with E-state index in [9.17, 15) is 4.79 Å². The second-order valence-corrected chi connectivity index (χ2v) is 4.68. The van der Waals surface area contributed by atoms with Crippen LogP contribution in [0.4, 0.5) is 0 Å². The molecule has 0 saturated carbocycles. The molecule has 0 heterocycles. The summed E-state index contributed by atoms with van der Waals surface area (Å²) in [4.78, 5) is 11.5. The first-order valence-corrected chi connectivity index (χ1v) is 7.33. The van der Waals surface area contributed by atoms with Gasteiger partial charge < -0.3 is 19.5 Å². The molecule has 0 spiro atoms. The van der Waals surface area contributed by atoms with E-state index in [1.807, 2.05) is 25.1 Å². The molecule has 1 aromatic rings. The molecule has 0 bridgehead atoms. The van der Waals surface area contributed by atoms with Crippen molar-refractivity contribution in [2.24, 2.45) is 0 Å². The van der Waals surface area contributed by atoms with Crippen LogP contribution in [0.3, 0.4) is 0 Å². The van der Waals surface area contributed by atoms with Crippen molar-refractivity contribution in [3.63, 3.8) is 0 Å². The number of benzene rings is 1. The number of rotatable bonds is 9. The molecule has 21 heavy (non-hydrogen) atoms. The highest BCUT2D eigenvalue weighted by molar-refractivity contribution is 5.74. The van der Waals surface area contributed by atoms with E-state index in [2.05, 4.69) is 17.0 Å². The second-order valence-electron chi connectivity index (χ2n) is 4.68. The molecule has 1 aromatic carbocycles. The van der Waals surface area contributed by atoms with Gasteiger partial charge >= 0.3 is 5.97 Å². The third kappa shape index (κ3) is 5.63. The van der Waals surface area contributed by atoms with Crippen molar-refractivity contribution >= 4 is 5.97 Å². The SMILES string of the molecule is CCCOc1ccc(CNCC)c(OC(C)C(=O)OC)c1. The minimum Gasteiger partial charge on any atom is -0.493 e. The van der Waals surface area contributed by atoms with Gasteiger partial charge in [0.15, 0.2) is 6.10 Å². The lowest BCUT2D eigenvalue weighted by molar-refractivity contribution is -0.147. The van der Waals surface area contributed by atoms with Crippen molar-refractivity contribution < 1.29 is 19.0 Å². The van der Waals surface area contributed by atoms with Crippen LogP contribution in [0.5, 0.6) is 11.5 Å². The van der Waals surface area contributed by atoms with Crippen molar-refractivity contribution in [2.45, 2.75) is 39.8 Å². The molecular formula is C16H25NO4. The Morgan fingerprint density at radius 1 is 1.33 bits per heavy atom. The van der Waals surface area contributed by atoms with Crippen molar-refractivity contribution in [1.29, 1.82) is 0 Å². The second kappa shape index (κ2) is 9.23. The van der Waals surface area contributed by atoms with Gasteiger partial charge in [-0.15, -0.1) is 0 Å². The predicted octanol–water partition coefficient (Wildman–Crippen LogP) is 2.53. The molecule has 118 valence electrons. The molecule has 1 rings (SSSR count). The maximum absolute atomic E-state index is 11.5. The normalized spacial score (nSPS) is 11.8. The quantitative estimate of drug-likeness (QED) is 0.709. The van der Waals surface area contributed by atoms with E-state index in [4.69, 9.17) is 9.47 Å². The van der Waals surface area contributed by atoms with Crippen LogP contribution in [0.1, 0.15) is 32.8 Å². The molecular weight excluding hydrogens is 270 g/mol. The van der Waals surface area contributed by atoms with Gasteiger partial charge in [0.25, 0.3) is 0 Å². The van der Waals surface area contributed by atoms with E-state index in [1.165, 1.54) is 7.11 Å². The van der Waals surface area contributed by atoms with Gasteiger partial charge in [-0.25, -0.2) is 4.79 Å². The van der Waals surface area contributed by atoms with Crippen molar-refractivity contribution in [2.75, 3.05) is 20.3 Å². The fraction of sp³-hybridized carbons (Fsp3) is 0.562. The van der Waals surface area contributed by atoms with Crippen molar-refractivity contribution in [3.8, 4) is 11.5 Å². The number of hydrogen-bond donors (Lipinski definition) is 1. The van der Waals surface area contributed by atoms with Crippen LogP contribution in [0.25, 0.3) is 0 Å². The number of esters is 1. The lowest BCUT2D eigenvalue weighted by Crippen LogP contribution is -2.26. The van der Waals surface area contributed by atoms with Gasteiger partial charge in [0.1, 0.15) is 11.5 Å². The molecule has 1 atom stereocenters. The van der Waals surface area contributed by atoms with Crippen LogP contribution in [0, 0.1) is 0 Å². The number of carbonyl (C=O) groups excluding carboxylic acids is 1. The molecule has 0 aromatic heterocycles. The maximum Gasteiger partial charge on any atom is 0.346 e. The van der Waals surface area contributed by atoms with Crippen LogP contribution < -0.4 is 14.8 Å². The molecule has 1 N–H and O–H groups in total. The number of ether oxygens (including phenoxy) is 3. The van der Waals surface area contributed by atoms with Gasteiger partial charge in [-0.05, 0) is 26.0 Å². The number of hydrogen-bond acceptors (Lipinski definition) is 5. The summed E-state index contributed by atoms with van der Waals surface area (Å²) in [6.45, 7) is 7.95. The van der Waals surface area contributed by atoms with E-state index in [1.54, 1.807) is 6.92 Å². The molecule has 0 fully saturated rings. The molecule has 0 aliphatic heterocycles. The zero-order valence-corrected chi connectivity index (χ0v) is 13.3. The fourth-order valence-corrected chi connectivity index (χ4v) is 1.76. The number of methoxy groups -OCH3 is 1. The van der Waals surface area contributed by atoms with E-state index in [0.29, 0.717) is 18.9 Å². The molecule has 5 nitrogen and oxygen atoms in total. The minimum atomic E-state index is -0.656. The molecule has 0 saturated heterocycles. The van der Waals surface area contributed by atoms with Gasteiger partial charge in [-0.2, -0.15) is 0 Å². The number of nitrogens with one attached hydrogen (secondary N) is 1. The van der Waals surface area contributed by atoms with Gasteiger partial charge in [0, 0.05) is 18.2 Å². The fourth-order valence-electron chi connectivity index (χ4n) is 1.76. The highest BCUT2D eigenvalue weighted by atomic mass is 16.6. The van der Waals surface area contributed by atoms with Crippen LogP contribution in [0.2, 0.25) is 0 Å². The third-order valence-corrected chi connectivity index (χ3v) is 2.91. The standard InChI is InChI=1S/C16H25NO4/c1-5-9-20-14-8-7-13(11-17-6-2)15(10-14)21-12(3)16(18)19-4/h7-8,10,12,17H,5-6,9,11H2,1-4H3. The molecule has 0 aliphatic carbocycles. The van der Waals surface area contributed by atoms with Gasteiger partial charge in [-0.3, -0.25) is 0 Å². The lowest BCUT2D eigenvalue weighted by atomic mass is 10.2. The average molecular weight is 295 g/mol. The van der Waals surface area contributed by atoms with Crippen LogP contribution in [-0.4, -0.2) is 32.3 Å². The van der Waals surface area contributed by atoms with Gasteiger partial charge in [0.05, 0.1) is 13.7 Å². The summed E-state index contributed by atoms with van der Waals surface area (Å²) in [6.07, 6.45) is 0.283. The Morgan fingerprint density at radius 3 is 2.71 bits per heavy atom. The Labute approximate surface area is 126 Å². The first-order chi connectivity index (χ1) is 10.1. The lowest BCUT2D eigenvalue weighted by Gasteiger charge is -2.17. The highest BCUT2D eigenvalue weighted by Gasteiger charge is 2.17. The van der Waals surface area contributed by atoms with Gasteiger partial charge in [-0.1, -0.05) is 19.9 Å². The smallest absolute Gasteiger partial charge is 0.346 e. The summed E-state index contributed by atoms with van der Waals surface area (Å²) >= 11 is 0. The number of carbonyl (C=O) groups is 1. The van der Waals surface area contributed by atoms with E-state index in [0.717, 1.165) is 24.3 Å².